The highest BCUT2D eigenvalue weighted by molar-refractivity contribution is 6.04. The van der Waals surface area contributed by atoms with Crippen molar-refractivity contribution in [3.63, 3.8) is 0 Å². The summed E-state index contributed by atoms with van der Waals surface area (Å²) in [5.74, 6) is 0. The van der Waals surface area contributed by atoms with E-state index in [1.54, 1.807) is 0 Å². The van der Waals surface area contributed by atoms with Crippen molar-refractivity contribution >= 4 is 7.98 Å². The topological polar surface area (TPSA) is 15.3 Å². The molecule has 1 unspecified atom stereocenters. The van der Waals surface area contributed by atoms with Gasteiger partial charge in [-0.3, -0.25) is 0 Å². The Bertz CT molecular complexity index is 143. The highest BCUT2D eigenvalue weighted by Gasteiger charge is 2.35. The predicted molar refractivity (Wildman–Crippen MR) is 46.5 cm³/mol. The molecular weight excluding hydrogens is 135 g/mol. The van der Waals surface area contributed by atoms with Gasteiger partial charge in [-0.25, -0.2) is 0 Å². The Hall–Kier alpha value is -0.0151. The first kappa shape index (κ1) is 7.62. The summed E-state index contributed by atoms with van der Waals surface area (Å²) < 4.78 is 0. The molecule has 0 aromatic carbocycles. The van der Waals surface area contributed by atoms with Crippen molar-refractivity contribution in [1.29, 1.82) is 0 Å². The molecule has 0 aromatic heterocycles. The van der Waals surface area contributed by atoms with E-state index >= 15 is 0 Å². The summed E-state index contributed by atoms with van der Waals surface area (Å²) in [7, 11) is 5.78. The van der Waals surface area contributed by atoms with E-state index < -0.39 is 0 Å². The first-order valence-electron chi connectivity index (χ1n) is 4.55. The van der Waals surface area contributed by atoms with E-state index in [1.807, 2.05) is 4.81 Å². The largest absolute Gasteiger partial charge is 0.352 e. The van der Waals surface area contributed by atoms with Gasteiger partial charge in [0.05, 0.1) is 0 Å². The first-order chi connectivity index (χ1) is 5.31. The molecule has 2 nitrogen and oxygen atoms in total. The summed E-state index contributed by atoms with van der Waals surface area (Å²) in [4.78, 5) is 1.96. The molecule has 2 heterocycles. The molecule has 11 heavy (non-hydrogen) atoms. The minimum absolute atomic E-state index is 0.396. The van der Waals surface area contributed by atoms with Gasteiger partial charge in [-0.05, 0) is 38.8 Å². The number of hydrogen-bond acceptors (Lipinski definition) is 2. The lowest BCUT2D eigenvalue weighted by Crippen LogP contribution is -2.52. The summed E-state index contributed by atoms with van der Waals surface area (Å²) >= 11 is 0. The van der Waals surface area contributed by atoms with Crippen LogP contribution in [0.3, 0.4) is 0 Å². The molecule has 1 spiro atoms. The molecule has 2 saturated heterocycles. The highest BCUT2D eigenvalue weighted by atomic mass is 15.1. The van der Waals surface area contributed by atoms with Gasteiger partial charge >= 0.3 is 0 Å². The van der Waals surface area contributed by atoms with E-state index in [-0.39, 0.29) is 0 Å². The fourth-order valence-corrected chi connectivity index (χ4v) is 2.38. The Balaban J connectivity index is 2.00. The van der Waals surface area contributed by atoms with Crippen LogP contribution >= 0.6 is 0 Å². The van der Waals surface area contributed by atoms with Crippen LogP contribution in [0.5, 0.6) is 0 Å². The van der Waals surface area contributed by atoms with E-state index in [2.05, 4.69) is 5.32 Å². The van der Waals surface area contributed by atoms with Gasteiger partial charge in [-0.1, -0.05) is 0 Å². The summed E-state index contributed by atoms with van der Waals surface area (Å²) in [6, 6.07) is 0. The standard InChI is InChI=1S/C8H15BN2/c9-11-6-2-4-8(7-11)3-1-5-10-8/h10H,1-7H2. The third kappa shape index (κ3) is 1.45. The minimum atomic E-state index is 0.396. The molecule has 0 bridgehead atoms. The summed E-state index contributed by atoms with van der Waals surface area (Å²) in [5.41, 5.74) is 0.396. The fraction of sp³-hybridized carbons (Fsp3) is 1.00. The number of hydrogen-bond donors (Lipinski definition) is 1. The molecule has 2 fully saturated rings. The lowest BCUT2D eigenvalue weighted by atomic mass is 9.86. The molecule has 0 amide bonds. The van der Waals surface area contributed by atoms with E-state index in [0.29, 0.717) is 5.54 Å². The molecule has 3 heteroatoms. The molecule has 0 aromatic rings. The van der Waals surface area contributed by atoms with Crippen LogP contribution in [0, 0.1) is 0 Å². The quantitative estimate of drug-likeness (QED) is 0.499. The average Bonchev–Trinajstić information content (AvgIpc) is 2.37. The lowest BCUT2D eigenvalue weighted by Gasteiger charge is -2.39. The van der Waals surface area contributed by atoms with Crippen molar-refractivity contribution in [2.24, 2.45) is 0 Å². The van der Waals surface area contributed by atoms with Crippen molar-refractivity contribution in [3.8, 4) is 0 Å². The molecule has 2 aliphatic rings. The monoisotopic (exact) mass is 150 g/mol. The van der Waals surface area contributed by atoms with Crippen molar-refractivity contribution < 1.29 is 0 Å². The first-order valence-corrected chi connectivity index (χ1v) is 4.55. The van der Waals surface area contributed by atoms with Crippen LogP contribution < -0.4 is 5.32 Å². The van der Waals surface area contributed by atoms with Gasteiger partial charge in [0.15, 0.2) is 7.98 Å². The second-order valence-electron chi connectivity index (χ2n) is 3.88. The molecule has 0 saturated carbocycles. The molecule has 1 atom stereocenters. The van der Waals surface area contributed by atoms with Crippen LogP contribution in [-0.2, 0) is 0 Å². The highest BCUT2D eigenvalue weighted by Crippen LogP contribution is 2.28. The Morgan fingerprint density at radius 2 is 2.09 bits per heavy atom. The second-order valence-corrected chi connectivity index (χ2v) is 3.88. The van der Waals surface area contributed by atoms with Crippen LogP contribution in [0.25, 0.3) is 0 Å². The third-order valence-corrected chi connectivity index (χ3v) is 2.94. The third-order valence-electron chi connectivity index (χ3n) is 2.94. The van der Waals surface area contributed by atoms with Gasteiger partial charge in [0.25, 0.3) is 0 Å². The molecule has 0 aliphatic carbocycles. The van der Waals surface area contributed by atoms with Gasteiger partial charge < -0.3 is 10.1 Å². The van der Waals surface area contributed by atoms with Crippen LogP contribution in [0.1, 0.15) is 25.7 Å². The Morgan fingerprint density at radius 1 is 1.27 bits per heavy atom. The summed E-state index contributed by atoms with van der Waals surface area (Å²) in [6.07, 6.45) is 5.22. The number of piperidine rings is 1. The van der Waals surface area contributed by atoms with Crippen molar-refractivity contribution in [3.05, 3.63) is 0 Å². The maximum atomic E-state index is 5.78. The minimum Gasteiger partial charge on any atom is -0.352 e. The summed E-state index contributed by atoms with van der Waals surface area (Å²) in [5, 5.41) is 3.58. The van der Waals surface area contributed by atoms with Gasteiger partial charge in [0.2, 0.25) is 0 Å². The Morgan fingerprint density at radius 3 is 2.73 bits per heavy atom. The molecule has 2 rings (SSSR count). The maximum Gasteiger partial charge on any atom is 0.182 e. The van der Waals surface area contributed by atoms with E-state index in [4.69, 9.17) is 7.98 Å². The smallest absolute Gasteiger partial charge is 0.182 e. The lowest BCUT2D eigenvalue weighted by molar-refractivity contribution is 0.210. The second kappa shape index (κ2) is 2.79. The van der Waals surface area contributed by atoms with Crippen LogP contribution in [0.2, 0.25) is 0 Å². The molecule has 2 aliphatic heterocycles. The van der Waals surface area contributed by atoms with Crippen LogP contribution in [0.4, 0.5) is 0 Å². The van der Waals surface area contributed by atoms with Gasteiger partial charge in [-0.2, -0.15) is 0 Å². The van der Waals surface area contributed by atoms with Gasteiger partial charge in [0, 0.05) is 12.1 Å². The van der Waals surface area contributed by atoms with Crippen LogP contribution in [-0.4, -0.2) is 38.0 Å². The summed E-state index contributed by atoms with van der Waals surface area (Å²) in [6.45, 7) is 3.31. The normalized spacial score (nSPS) is 40.0. The zero-order valence-electron chi connectivity index (χ0n) is 6.97. The Labute approximate surface area is 69.8 Å². The molecular formula is C8H15BN2. The van der Waals surface area contributed by atoms with Crippen LogP contribution in [0.15, 0.2) is 0 Å². The fourth-order valence-electron chi connectivity index (χ4n) is 2.38. The average molecular weight is 150 g/mol. The van der Waals surface area contributed by atoms with Crippen molar-refractivity contribution in [2.45, 2.75) is 31.2 Å². The van der Waals surface area contributed by atoms with E-state index in [9.17, 15) is 0 Å². The zero-order chi connectivity index (χ0) is 7.73. The van der Waals surface area contributed by atoms with E-state index in [1.165, 1.54) is 32.2 Å². The predicted octanol–water partition coefficient (Wildman–Crippen LogP) is 0.288. The maximum absolute atomic E-state index is 5.78. The number of nitrogens with zero attached hydrogens (tertiary/aromatic N) is 1. The van der Waals surface area contributed by atoms with Gasteiger partial charge in [0.1, 0.15) is 0 Å². The van der Waals surface area contributed by atoms with Gasteiger partial charge in [-0.15, -0.1) is 0 Å². The SMILES string of the molecule is [B]N1CCCC2(CCCN2)C1. The number of rotatable bonds is 0. The van der Waals surface area contributed by atoms with Crippen molar-refractivity contribution in [2.75, 3.05) is 19.6 Å². The Kier molecular flexibility index (Phi) is 1.94. The van der Waals surface area contributed by atoms with E-state index in [0.717, 1.165) is 13.1 Å². The zero-order valence-corrected chi connectivity index (χ0v) is 6.97. The number of nitrogens with one attached hydrogen (secondary N) is 1. The van der Waals surface area contributed by atoms with Crippen molar-refractivity contribution in [1.82, 2.24) is 10.1 Å². The molecule has 2 radical (unpaired) electrons. The molecule has 1 N–H and O–H groups in total. The molecule has 60 valence electrons.